The van der Waals surface area contributed by atoms with Gasteiger partial charge in [-0.3, -0.25) is 9.59 Å². The molecule has 0 amide bonds. The number of phenols is 1. The van der Waals surface area contributed by atoms with E-state index >= 15 is 0 Å². The molecule has 0 aliphatic carbocycles. The van der Waals surface area contributed by atoms with Crippen LogP contribution in [0.1, 0.15) is 12.0 Å². The molecule has 0 saturated heterocycles. The first-order valence-corrected chi connectivity index (χ1v) is 5.39. The highest BCUT2D eigenvalue weighted by molar-refractivity contribution is 5.76. The summed E-state index contributed by atoms with van der Waals surface area (Å²) in [5.74, 6) is -3.07. The number of hydrogen-bond acceptors (Lipinski definition) is 4. The van der Waals surface area contributed by atoms with E-state index in [1.807, 2.05) is 0 Å². The summed E-state index contributed by atoms with van der Waals surface area (Å²) < 4.78 is 0. The Morgan fingerprint density at radius 1 is 1.11 bits per heavy atom. The molecule has 0 aromatic heterocycles. The third kappa shape index (κ3) is 4.06. The van der Waals surface area contributed by atoms with E-state index in [-0.39, 0.29) is 18.6 Å². The van der Waals surface area contributed by atoms with Crippen molar-refractivity contribution in [1.82, 2.24) is 0 Å². The van der Waals surface area contributed by atoms with E-state index in [1.165, 1.54) is 12.1 Å². The van der Waals surface area contributed by atoms with Crippen molar-refractivity contribution in [2.24, 2.45) is 11.7 Å². The van der Waals surface area contributed by atoms with Crippen molar-refractivity contribution in [3.63, 3.8) is 0 Å². The maximum atomic E-state index is 11.0. The Balaban J connectivity index is 2.71. The van der Waals surface area contributed by atoms with Crippen molar-refractivity contribution in [3.05, 3.63) is 29.8 Å². The lowest BCUT2D eigenvalue weighted by molar-refractivity contribution is -0.143. The highest BCUT2D eigenvalue weighted by Crippen LogP contribution is 2.17. The van der Waals surface area contributed by atoms with Gasteiger partial charge in [-0.25, -0.2) is 0 Å². The van der Waals surface area contributed by atoms with Crippen molar-refractivity contribution in [3.8, 4) is 5.75 Å². The summed E-state index contributed by atoms with van der Waals surface area (Å²) in [7, 11) is 0. The SMILES string of the molecule is N[C@@H](C[C@H](Cc1ccc(O)cc1)C(=O)O)C(=O)O. The molecule has 0 bridgehead atoms. The van der Waals surface area contributed by atoms with Gasteiger partial charge in [0.15, 0.2) is 0 Å². The van der Waals surface area contributed by atoms with E-state index in [2.05, 4.69) is 0 Å². The topological polar surface area (TPSA) is 121 Å². The van der Waals surface area contributed by atoms with Gasteiger partial charge in [-0.15, -0.1) is 0 Å². The Morgan fingerprint density at radius 3 is 2.11 bits per heavy atom. The van der Waals surface area contributed by atoms with Gasteiger partial charge >= 0.3 is 11.9 Å². The van der Waals surface area contributed by atoms with Crippen LogP contribution in [-0.2, 0) is 16.0 Å². The number of rotatable bonds is 6. The minimum absolute atomic E-state index is 0.0906. The highest BCUT2D eigenvalue weighted by Gasteiger charge is 2.24. The molecule has 2 atom stereocenters. The van der Waals surface area contributed by atoms with Gasteiger partial charge in [0.05, 0.1) is 5.92 Å². The van der Waals surface area contributed by atoms with E-state index in [0.29, 0.717) is 5.56 Å². The van der Waals surface area contributed by atoms with Gasteiger partial charge < -0.3 is 21.1 Å². The zero-order valence-corrected chi connectivity index (χ0v) is 9.61. The van der Waals surface area contributed by atoms with Crippen molar-refractivity contribution >= 4 is 11.9 Å². The van der Waals surface area contributed by atoms with Crippen molar-refractivity contribution in [2.75, 3.05) is 0 Å². The zero-order valence-electron chi connectivity index (χ0n) is 9.61. The minimum atomic E-state index is -1.22. The molecule has 0 aliphatic heterocycles. The van der Waals surface area contributed by atoms with Crippen LogP contribution in [0.4, 0.5) is 0 Å². The van der Waals surface area contributed by atoms with E-state index < -0.39 is 23.9 Å². The molecule has 98 valence electrons. The predicted molar refractivity (Wildman–Crippen MR) is 63.2 cm³/mol. The molecule has 0 saturated carbocycles. The smallest absolute Gasteiger partial charge is 0.320 e. The predicted octanol–water partition coefficient (Wildman–Crippen LogP) is 0.437. The van der Waals surface area contributed by atoms with Crippen LogP contribution in [0, 0.1) is 5.92 Å². The molecule has 5 N–H and O–H groups in total. The Kier molecular flexibility index (Phi) is 4.67. The number of carbonyl (C=O) groups is 2. The Labute approximate surface area is 104 Å². The van der Waals surface area contributed by atoms with Crippen LogP contribution in [-0.4, -0.2) is 33.3 Å². The van der Waals surface area contributed by atoms with Crippen LogP contribution < -0.4 is 5.73 Å². The van der Waals surface area contributed by atoms with Gasteiger partial charge in [0.1, 0.15) is 11.8 Å². The maximum absolute atomic E-state index is 11.0. The maximum Gasteiger partial charge on any atom is 0.320 e. The Bertz CT molecular complexity index is 429. The average Bonchev–Trinajstić information content (AvgIpc) is 2.30. The summed E-state index contributed by atoms with van der Waals surface area (Å²) in [4.78, 5) is 21.6. The van der Waals surface area contributed by atoms with Crippen LogP contribution in [0.3, 0.4) is 0 Å². The average molecular weight is 253 g/mol. The quantitative estimate of drug-likeness (QED) is 0.583. The number of aromatic hydroxyl groups is 1. The first-order valence-electron chi connectivity index (χ1n) is 5.39. The fourth-order valence-corrected chi connectivity index (χ4v) is 1.60. The van der Waals surface area contributed by atoms with Gasteiger partial charge in [0.25, 0.3) is 0 Å². The molecule has 1 aromatic rings. The lowest BCUT2D eigenvalue weighted by Gasteiger charge is -2.14. The number of hydrogen-bond donors (Lipinski definition) is 4. The number of carboxylic acids is 2. The van der Waals surface area contributed by atoms with Crippen molar-refractivity contribution < 1.29 is 24.9 Å². The summed E-state index contributed by atoms with van der Waals surface area (Å²) >= 11 is 0. The summed E-state index contributed by atoms with van der Waals surface area (Å²) in [6.07, 6.45) is 0.0438. The van der Waals surface area contributed by atoms with Crippen LogP contribution in [0.2, 0.25) is 0 Å². The third-order valence-corrected chi connectivity index (χ3v) is 2.62. The molecule has 0 radical (unpaired) electrons. The summed E-state index contributed by atoms with van der Waals surface area (Å²) in [5.41, 5.74) is 6.04. The Morgan fingerprint density at radius 2 is 1.67 bits per heavy atom. The van der Waals surface area contributed by atoms with Crippen molar-refractivity contribution in [2.45, 2.75) is 18.9 Å². The molecule has 18 heavy (non-hydrogen) atoms. The molecule has 6 nitrogen and oxygen atoms in total. The number of aliphatic carboxylic acids is 2. The van der Waals surface area contributed by atoms with Gasteiger partial charge in [-0.05, 0) is 30.5 Å². The van der Waals surface area contributed by atoms with Crippen LogP contribution in [0.15, 0.2) is 24.3 Å². The Hall–Kier alpha value is -2.08. The van der Waals surface area contributed by atoms with Crippen LogP contribution in [0.5, 0.6) is 5.75 Å². The highest BCUT2D eigenvalue weighted by atomic mass is 16.4. The van der Waals surface area contributed by atoms with E-state index in [1.54, 1.807) is 12.1 Å². The van der Waals surface area contributed by atoms with Gasteiger partial charge in [-0.1, -0.05) is 12.1 Å². The molecule has 1 aromatic carbocycles. The number of benzene rings is 1. The molecule has 1 rings (SSSR count). The lowest BCUT2D eigenvalue weighted by Crippen LogP contribution is -2.35. The first-order chi connectivity index (χ1) is 8.40. The van der Waals surface area contributed by atoms with Crippen LogP contribution in [0.25, 0.3) is 0 Å². The number of phenolic OH excluding ortho intramolecular Hbond substituents is 1. The molecule has 0 unspecified atom stereocenters. The summed E-state index contributed by atoms with van der Waals surface area (Å²) in [5, 5.41) is 26.8. The zero-order chi connectivity index (χ0) is 13.7. The minimum Gasteiger partial charge on any atom is -0.508 e. The summed E-state index contributed by atoms with van der Waals surface area (Å²) in [6.45, 7) is 0. The van der Waals surface area contributed by atoms with E-state index in [4.69, 9.17) is 21.1 Å². The molecule has 0 aliphatic rings. The molecular weight excluding hydrogens is 238 g/mol. The molecule has 0 heterocycles. The van der Waals surface area contributed by atoms with Gasteiger partial charge in [0, 0.05) is 0 Å². The number of carboxylic acid groups (broad SMARTS) is 2. The molecular formula is C12H15NO5. The van der Waals surface area contributed by atoms with E-state index in [0.717, 1.165) is 0 Å². The van der Waals surface area contributed by atoms with Gasteiger partial charge in [-0.2, -0.15) is 0 Å². The molecule has 6 heteroatoms. The second-order valence-electron chi connectivity index (χ2n) is 4.09. The normalized spacial score (nSPS) is 13.8. The number of nitrogens with two attached hydrogens (primary N) is 1. The standard InChI is InChI=1S/C12H15NO5/c13-10(12(17)18)6-8(11(15)16)5-7-1-3-9(14)4-2-7/h1-4,8,10,14H,5-6,13H2,(H,15,16)(H,17,18)/t8-,10-/m0/s1. The fourth-order valence-electron chi connectivity index (χ4n) is 1.60. The monoisotopic (exact) mass is 253 g/mol. The van der Waals surface area contributed by atoms with Crippen LogP contribution >= 0.6 is 0 Å². The second-order valence-corrected chi connectivity index (χ2v) is 4.09. The molecule has 0 spiro atoms. The third-order valence-electron chi connectivity index (χ3n) is 2.62. The fraction of sp³-hybridized carbons (Fsp3) is 0.333. The summed E-state index contributed by atoms with van der Waals surface area (Å²) in [6, 6.07) is 4.90. The molecule has 0 fully saturated rings. The van der Waals surface area contributed by atoms with E-state index in [9.17, 15) is 9.59 Å². The largest absolute Gasteiger partial charge is 0.508 e. The second kappa shape index (κ2) is 6.02. The van der Waals surface area contributed by atoms with Gasteiger partial charge in [0.2, 0.25) is 0 Å². The van der Waals surface area contributed by atoms with Crippen molar-refractivity contribution in [1.29, 1.82) is 0 Å². The first kappa shape index (κ1) is 14.0. The lowest BCUT2D eigenvalue weighted by atomic mass is 9.93.